The third-order valence-electron chi connectivity index (χ3n) is 2.89. The Morgan fingerprint density at radius 1 is 1.50 bits per heavy atom. The van der Waals surface area contributed by atoms with Crippen molar-refractivity contribution in [1.29, 1.82) is 0 Å². The van der Waals surface area contributed by atoms with E-state index in [4.69, 9.17) is 4.74 Å². The molecule has 1 aliphatic heterocycles. The van der Waals surface area contributed by atoms with Crippen molar-refractivity contribution < 1.29 is 9.13 Å². The van der Waals surface area contributed by atoms with Crippen LogP contribution in [0.15, 0.2) is 30.2 Å². The van der Waals surface area contributed by atoms with Gasteiger partial charge < -0.3 is 10.1 Å². The fourth-order valence-electron chi connectivity index (χ4n) is 1.98. The monoisotopic (exact) mass is 250 g/mol. The van der Waals surface area contributed by atoms with Crippen LogP contribution >= 0.6 is 0 Å². The maximum Gasteiger partial charge on any atom is 0.141 e. The largest absolute Gasteiger partial charge is 0.496 e. The second-order valence-corrected chi connectivity index (χ2v) is 4.39. The molecule has 0 saturated carbocycles. The van der Waals surface area contributed by atoms with Gasteiger partial charge >= 0.3 is 0 Å². The maximum atomic E-state index is 12.9. The highest BCUT2D eigenvalue weighted by Crippen LogP contribution is 2.24. The highest BCUT2D eigenvalue weighted by Gasteiger charge is 2.20. The number of pyridine rings is 1. The van der Waals surface area contributed by atoms with Crippen LogP contribution in [0.25, 0.3) is 0 Å². The summed E-state index contributed by atoms with van der Waals surface area (Å²) in [6.07, 6.45) is 6.47. The zero-order valence-corrected chi connectivity index (χ0v) is 10.7. The van der Waals surface area contributed by atoms with E-state index in [0.29, 0.717) is 0 Å². The van der Waals surface area contributed by atoms with E-state index < -0.39 is 0 Å². The Labute approximate surface area is 107 Å². The normalized spacial score (nSPS) is 16.9. The molecule has 0 amide bonds. The maximum absolute atomic E-state index is 12.9. The summed E-state index contributed by atoms with van der Waals surface area (Å²) >= 11 is 0. The molecule has 1 aromatic heterocycles. The Morgan fingerprint density at radius 2 is 2.39 bits per heavy atom. The minimum Gasteiger partial charge on any atom is -0.496 e. The van der Waals surface area contributed by atoms with Gasteiger partial charge in [-0.15, -0.1) is 0 Å². The molecule has 0 radical (unpaired) electrons. The standard InChI is InChI=1S/C14H19FN2O/c1-2-8-16-14(13-5-3-4-9-18-13)12-7-6-11(15)10-17-12/h5-7,10,14,16H,2-4,8-9H2,1H3. The average Bonchev–Trinajstić information content (AvgIpc) is 2.42. The van der Waals surface area contributed by atoms with Crippen LogP contribution in [0.4, 0.5) is 4.39 Å². The first-order chi connectivity index (χ1) is 8.81. The number of nitrogens with zero attached hydrogens (tertiary/aromatic N) is 1. The fraction of sp³-hybridized carbons (Fsp3) is 0.500. The van der Waals surface area contributed by atoms with Crippen molar-refractivity contribution >= 4 is 0 Å². The summed E-state index contributed by atoms with van der Waals surface area (Å²) in [5, 5.41) is 3.40. The van der Waals surface area contributed by atoms with Crippen molar-refractivity contribution in [3.05, 3.63) is 41.7 Å². The van der Waals surface area contributed by atoms with Gasteiger partial charge in [0.2, 0.25) is 0 Å². The third-order valence-corrected chi connectivity index (χ3v) is 2.89. The molecule has 1 aliphatic rings. The summed E-state index contributed by atoms with van der Waals surface area (Å²) in [5.74, 6) is 0.598. The summed E-state index contributed by atoms with van der Waals surface area (Å²) in [7, 11) is 0. The molecule has 2 heterocycles. The Kier molecular flexibility index (Phi) is 4.70. The lowest BCUT2D eigenvalue weighted by molar-refractivity contribution is 0.166. The van der Waals surface area contributed by atoms with E-state index in [1.165, 1.54) is 12.3 Å². The van der Waals surface area contributed by atoms with Crippen molar-refractivity contribution in [2.45, 2.75) is 32.2 Å². The fourth-order valence-corrected chi connectivity index (χ4v) is 1.98. The van der Waals surface area contributed by atoms with E-state index in [-0.39, 0.29) is 11.9 Å². The molecule has 3 nitrogen and oxygen atoms in total. The Balaban J connectivity index is 2.18. The van der Waals surface area contributed by atoms with Crippen LogP contribution in [0.3, 0.4) is 0 Å². The van der Waals surface area contributed by atoms with Crippen LogP contribution in [0.2, 0.25) is 0 Å². The molecule has 2 rings (SSSR count). The van der Waals surface area contributed by atoms with E-state index in [9.17, 15) is 4.39 Å². The molecule has 0 bridgehead atoms. The number of allylic oxidation sites excluding steroid dienone is 1. The van der Waals surface area contributed by atoms with Gasteiger partial charge in [-0.1, -0.05) is 6.92 Å². The van der Waals surface area contributed by atoms with Crippen LogP contribution in [0.1, 0.15) is 37.9 Å². The second kappa shape index (κ2) is 6.50. The first-order valence-corrected chi connectivity index (χ1v) is 6.49. The van der Waals surface area contributed by atoms with Crippen molar-refractivity contribution in [1.82, 2.24) is 10.3 Å². The minimum atomic E-state index is -0.313. The van der Waals surface area contributed by atoms with Crippen molar-refractivity contribution in [2.75, 3.05) is 13.2 Å². The number of hydrogen-bond acceptors (Lipinski definition) is 3. The van der Waals surface area contributed by atoms with Crippen LogP contribution in [0.5, 0.6) is 0 Å². The molecular formula is C14H19FN2O. The lowest BCUT2D eigenvalue weighted by Gasteiger charge is -2.24. The number of hydrogen-bond donors (Lipinski definition) is 1. The van der Waals surface area contributed by atoms with Gasteiger partial charge in [-0.05, 0) is 44.0 Å². The quantitative estimate of drug-likeness (QED) is 0.872. The van der Waals surface area contributed by atoms with Gasteiger partial charge in [0.1, 0.15) is 17.6 Å². The predicted octanol–water partition coefficient (Wildman–Crippen LogP) is 2.96. The zero-order valence-electron chi connectivity index (χ0n) is 10.7. The molecule has 1 aromatic rings. The molecule has 1 atom stereocenters. The molecule has 0 spiro atoms. The first-order valence-electron chi connectivity index (χ1n) is 6.49. The van der Waals surface area contributed by atoms with Crippen molar-refractivity contribution in [3.8, 4) is 0 Å². The first kappa shape index (κ1) is 13.0. The van der Waals surface area contributed by atoms with Gasteiger partial charge in [0.25, 0.3) is 0 Å². The molecule has 98 valence electrons. The van der Waals surface area contributed by atoms with E-state index >= 15 is 0 Å². The highest BCUT2D eigenvalue weighted by molar-refractivity contribution is 5.20. The number of rotatable bonds is 5. The number of halogens is 1. The molecular weight excluding hydrogens is 231 g/mol. The number of ether oxygens (including phenoxy) is 1. The average molecular weight is 250 g/mol. The van der Waals surface area contributed by atoms with Gasteiger partial charge in [0, 0.05) is 0 Å². The molecule has 0 aromatic carbocycles. The van der Waals surface area contributed by atoms with E-state index in [1.807, 2.05) is 0 Å². The summed E-state index contributed by atoms with van der Waals surface area (Å²) in [4.78, 5) is 4.15. The van der Waals surface area contributed by atoms with E-state index in [1.54, 1.807) is 6.07 Å². The molecule has 1 N–H and O–H groups in total. The van der Waals surface area contributed by atoms with Crippen molar-refractivity contribution in [3.63, 3.8) is 0 Å². The van der Waals surface area contributed by atoms with Crippen molar-refractivity contribution in [2.24, 2.45) is 0 Å². The SMILES string of the molecule is CCCNC(C1=CCCCO1)c1ccc(F)cn1. The molecule has 4 heteroatoms. The van der Waals surface area contributed by atoms with Crippen LogP contribution in [-0.4, -0.2) is 18.1 Å². The molecule has 0 fully saturated rings. The summed E-state index contributed by atoms with van der Waals surface area (Å²) in [6, 6.07) is 3.08. The third kappa shape index (κ3) is 3.29. The Bertz CT molecular complexity index is 403. The predicted molar refractivity (Wildman–Crippen MR) is 68.5 cm³/mol. The number of aromatic nitrogens is 1. The Hall–Kier alpha value is -1.42. The van der Waals surface area contributed by atoms with Gasteiger partial charge in [-0.2, -0.15) is 0 Å². The Morgan fingerprint density at radius 3 is 3.00 bits per heavy atom. The molecule has 1 unspecified atom stereocenters. The minimum absolute atomic E-state index is 0.0640. The van der Waals surface area contributed by atoms with Gasteiger partial charge in [0.05, 0.1) is 18.5 Å². The lowest BCUT2D eigenvalue weighted by atomic mass is 10.1. The number of nitrogens with one attached hydrogen (secondary N) is 1. The van der Waals surface area contributed by atoms with Gasteiger partial charge in [0.15, 0.2) is 0 Å². The van der Waals surface area contributed by atoms with E-state index in [2.05, 4.69) is 23.3 Å². The summed E-state index contributed by atoms with van der Waals surface area (Å²) in [6.45, 7) is 3.74. The van der Waals surface area contributed by atoms with Crippen LogP contribution < -0.4 is 5.32 Å². The van der Waals surface area contributed by atoms with Gasteiger partial charge in [-0.3, -0.25) is 4.98 Å². The topological polar surface area (TPSA) is 34.1 Å². The summed E-state index contributed by atoms with van der Waals surface area (Å²) < 4.78 is 18.6. The molecule has 18 heavy (non-hydrogen) atoms. The van der Waals surface area contributed by atoms with Crippen LogP contribution in [0, 0.1) is 5.82 Å². The molecule has 0 aliphatic carbocycles. The highest BCUT2D eigenvalue weighted by atomic mass is 19.1. The van der Waals surface area contributed by atoms with E-state index in [0.717, 1.165) is 43.9 Å². The van der Waals surface area contributed by atoms with Crippen LogP contribution in [-0.2, 0) is 4.74 Å². The van der Waals surface area contributed by atoms with Gasteiger partial charge in [-0.25, -0.2) is 4.39 Å². The second-order valence-electron chi connectivity index (χ2n) is 4.39. The lowest BCUT2D eigenvalue weighted by Crippen LogP contribution is -2.27. The zero-order chi connectivity index (χ0) is 12.8. The summed E-state index contributed by atoms with van der Waals surface area (Å²) in [5.41, 5.74) is 0.804. The molecule has 0 saturated heterocycles. The smallest absolute Gasteiger partial charge is 0.141 e.